The van der Waals surface area contributed by atoms with Crippen LogP contribution in [0.25, 0.3) is 10.9 Å². The van der Waals surface area contributed by atoms with Crippen LogP contribution in [0.4, 0.5) is 11.4 Å². The van der Waals surface area contributed by atoms with Crippen LogP contribution >= 0.6 is 11.6 Å². The average Bonchev–Trinajstić information content (AvgIpc) is 3.58. The number of hydrogen-bond donors (Lipinski definition) is 1. The van der Waals surface area contributed by atoms with Gasteiger partial charge in [0.15, 0.2) is 0 Å². The first-order valence-electron chi connectivity index (χ1n) is 10.6. The molecular weight excluding hydrogens is 396 g/mol. The molecule has 2 fully saturated rings. The summed E-state index contributed by atoms with van der Waals surface area (Å²) >= 11 is 5.94. The molecule has 1 N–H and O–H groups in total. The van der Waals surface area contributed by atoms with Crippen molar-refractivity contribution in [1.82, 2.24) is 9.88 Å². The lowest BCUT2D eigenvalue weighted by Crippen LogP contribution is -2.47. The molecule has 0 atom stereocenters. The summed E-state index contributed by atoms with van der Waals surface area (Å²) in [6.07, 6.45) is 2.81. The number of pyridine rings is 1. The molecular formula is C24H25ClN4O. The lowest BCUT2D eigenvalue weighted by atomic mass is 10.1. The van der Waals surface area contributed by atoms with E-state index in [-0.39, 0.29) is 5.91 Å². The highest BCUT2D eigenvalue weighted by Gasteiger charge is 2.26. The molecule has 6 heteroatoms. The minimum atomic E-state index is -0.127. The van der Waals surface area contributed by atoms with E-state index in [0.29, 0.717) is 10.7 Å². The van der Waals surface area contributed by atoms with Crippen molar-refractivity contribution in [3.8, 4) is 0 Å². The molecule has 2 aromatic carbocycles. The van der Waals surface area contributed by atoms with Crippen molar-refractivity contribution in [2.45, 2.75) is 12.8 Å². The molecule has 5 rings (SSSR count). The Morgan fingerprint density at radius 2 is 1.87 bits per heavy atom. The summed E-state index contributed by atoms with van der Waals surface area (Å²) in [7, 11) is 0. The number of hydrogen-bond acceptors (Lipinski definition) is 4. The Bertz CT molecular complexity index is 1070. The topological polar surface area (TPSA) is 48.5 Å². The minimum Gasteiger partial charge on any atom is -0.369 e. The number of carbonyl (C=O) groups is 1. The standard InChI is InChI=1S/C24H25ClN4O/c25-23-9-7-18-14-19(6-8-22(18)27-23)24(30)26-20-2-1-3-21(15-20)29-12-10-28(11-13-29)16-17-4-5-17/h1-3,6-9,14-15,17H,4-5,10-13,16H2,(H,26,30). The highest BCUT2D eigenvalue weighted by Crippen LogP contribution is 2.30. The second-order valence-electron chi connectivity index (χ2n) is 8.28. The van der Waals surface area contributed by atoms with E-state index in [2.05, 4.69) is 32.2 Å². The van der Waals surface area contributed by atoms with Crippen molar-refractivity contribution < 1.29 is 4.79 Å². The third-order valence-electron chi connectivity index (χ3n) is 5.97. The molecule has 1 aliphatic heterocycles. The number of amides is 1. The monoisotopic (exact) mass is 420 g/mol. The molecule has 0 unspecified atom stereocenters. The van der Waals surface area contributed by atoms with Gasteiger partial charge in [-0.3, -0.25) is 9.69 Å². The van der Waals surface area contributed by atoms with E-state index in [0.717, 1.165) is 54.4 Å². The maximum Gasteiger partial charge on any atom is 0.255 e. The fourth-order valence-corrected chi connectivity index (χ4v) is 4.23. The maximum absolute atomic E-state index is 12.8. The number of rotatable bonds is 5. The van der Waals surface area contributed by atoms with E-state index in [1.807, 2.05) is 30.3 Å². The van der Waals surface area contributed by atoms with Crippen molar-refractivity contribution in [2.24, 2.45) is 5.92 Å². The zero-order valence-corrected chi connectivity index (χ0v) is 17.6. The molecule has 0 radical (unpaired) electrons. The van der Waals surface area contributed by atoms with E-state index < -0.39 is 0 Å². The Morgan fingerprint density at radius 3 is 2.67 bits per heavy atom. The first kappa shape index (κ1) is 19.3. The molecule has 1 saturated carbocycles. The number of nitrogens with one attached hydrogen (secondary N) is 1. The number of piperazine rings is 1. The quantitative estimate of drug-likeness (QED) is 0.609. The predicted octanol–water partition coefficient (Wildman–Crippen LogP) is 4.67. The van der Waals surface area contributed by atoms with Crippen LogP contribution in [-0.4, -0.2) is 48.5 Å². The summed E-state index contributed by atoms with van der Waals surface area (Å²) in [5, 5.41) is 4.38. The van der Waals surface area contributed by atoms with E-state index in [4.69, 9.17) is 11.6 Å². The van der Waals surface area contributed by atoms with Crippen molar-refractivity contribution in [3.63, 3.8) is 0 Å². The second-order valence-corrected chi connectivity index (χ2v) is 8.66. The van der Waals surface area contributed by atoms with Gasteiger partial charge in [-0.15, -0.1) is 0 Å². The highest BCUT2D eigenvalue weighted by atomic mass is 35.5. The fraction of sp³-hybridized carbons (Fsp3) is 0.333. The van der Waals surface area contributed by atoms with Gasteiger partial charge in [-0.25, -0.2) is 4.98 Å². The zero-order chi connectivity index (χ0) is 20.5. The third kappa shape index (κ3) is 4.42. The Balaban J connectivity index is 1.25. The SMILES string of the molecule is O=C(Nc1cccc(N2CCN(CC3CC3)CC2)c1)c1ccc2nc(Cl)ccc2c1. The Labute approximate surface area is 181 Å². The van der Waals surface area contributed by atoms with Crippen LogP contribution in [0, 0.1) is 5.92 Å². The van der Waals surface area contributed by atoms with Crippen molar-refractivity contribution in [3.05, 3.63) is 65.3 Å². The van der Waals surface area contributed by atoms with Crippen LogP contribution in [0.3, 0.4) is 0 Å². The van der Waals surface area contributed by atoms with Gasteiger partial charge in [-0.1, -0.05) is 17.7 Å². The first-order valence-corrected chi connectivity index (χ1v) is 11.0. The zero-order valence-electron chi connectivity index (χ0n) is 16.9. The van der Waals surface area contributed by atoms with Crippen molar-refractivity contribution in [2.75, 3.05) is 42.9 Å². The molecule has 5 nitrogen and oxygen atoms in total. The van der Waals surface area contributed by atoms with Crippen molar-refractivity contribution in [1.29, 1.82) is 0 Å². The number of fused-ring (bicyclic) bond motifs is 1. The number of nitrogens with zero attached hydrogens (tertiary/aromatic N) is 3. The summed E-state index contributed by atoms with van der Waals surface area (Å²) in [5.41, 5.74) is 3.36. The molecule has 2 aliphatic rings. The summed E-state index contributed by atoms with van der Waals surface area (Å²) in [6, 6.07) is 17.2. The van der Waals surface area contributed by atoms with Gasteiger partial charge in [0, 0.05) is 55.0 Å². The minimum absolute atomic E-state index is 0.127. The summed E-state index contributed by atoms with van der Waals surface area (Å²) in [6.45, 7) is 5.55. The smallest absolute Gasteiger partial charge is 0.255 e. The molecule has 1 aliphatic carbocycles. The van der Waals surface area contributed by atoms with Crippen LogP contribution in [0.5, 0.6) is 0 Å². The summed E-state index contributed by atoms with van der Waals surface area (Å²) < 4.78 is 0. The Hall–Kier alpha value is -2.63. The van der Waals surface area contributed by atoms with Crippen LogP contribution < -0.4 is 10.2 Å². The first-order chi connectivity index (χ1) is 14.6. The second kappa shape index (κ2) is 8.25. The van der Waals surface area contributed by atoms with E-state index in [1.165, 1.54) is 19.4 Å². The third-order valence-corrected chi connectivity index (χ3v) is 6.18. The van der Waals surface area contributed by atoms with Crippen LogP contribution in [0.1, 0.15) is 23.2 Å². The number of carbonyl (C=O) groups excluding carboxylic acids is 1. The molecule has 1 amide bonds. The van der Waals surface area contributed by atoms with Crippen LogP contribution in [0.2, 0.25) is 5.15 Å². The largest absolute Gasteiger partial charge is 0.369 e. The Kier molecular flexibility index (Phi) is 5.32. The van der Waals surface area contributed by atoms with Gasteiger partial charge in [0.1, 0.15) is 5.15 Å². The van der Waals surface area contributed by atoms with Gasteiger partial charge in [0.2, 0.25) is 0 Å². The maximum atomic E-state index is 12.8. The number of anilines is 2. The lowest BCUT2D eigenvalue weighted by molar-refractivity contribution is 0.102. The fourth-order valence-electron chi connectivity index (χ4n) is 4.08. The van der Waals surface area contributed by atoms with Crippen LogP contribution in [0.15, 0.2) is 54.6 Å². The van der Waals surface area contributed by atoms with Gasteiger partial charge >= 0.3 is 0 Å². The summed E-state index contributed by atoms with van der Waals surface area (Å²) in [4.78, 5) is 22.1. The van der Waals surface area contributed by atoms with Gasteiger partial charge < -0.3 is 10.2 Å². The molecule has 2 heterocycles. The number of benzene rings is 2. The molecule has 0 spiro atoms. The van der Waals surface area contributed by atoms with E-state index in [1.54, 1.807) is 12.1 Å². The van der Waals surface area contributed by atoms with Gasteiger partial charge in [0.05, 0.1) is 5.52 Å². The summed E-state index contributed by atoms with van der Waals surface area (Å²) in [5.74, 6) is 0.816. The van der Waals surface area contributed by atoms with Gasteiger partial charge in [0.25, 0.3) is 5.91 Å². The van der Waals surface area contributed by atoms with E-state index >= 15 is 0 Å². The lowest BCUT2D eigenvalue weighted by Gasteiger charge is -2.36. The molecule has 1 aromatic heterocycles. The molecule has 0 bridgehead atoms. The Morgan fingerprint density at radius 1 is 1.03 bits per heavy atom. The number of halogens is 1. The van der Waals surface area contributed by atoms with Crippen molar-refractivity contribution >= 4 is 39.8 Å². The van der Waals surface area contributed by atoms with Gasteiger partial charge in [-0.05, 0) is 67.3 Å². The average molecular weight is 421 g/mol. The normalized spacial score (nSPS) is 17.3. The van der Waals surface area contributed by atoms with Crippen LogP contribution in [-0.2, 0) is 0 Å². The van der Waals surface area contributed by atoms with E-state index in [9.17, 15) is 4.79 Å². The molecule has 1 saturated heterocycles. The molecule has 3 aromatic rings. The molecule has 154 valence electrons. The predicted molar refractivity (Wildman–Crippen MR) is 123 cm³/mol. The number of aromatic nitrogens is 1. The van der Waals surface area contributed by atoms with Gasteiger partial charge in [-0.2, -0.15) is 0 Å². The molecule has 30 heavy (non-hydrogen) atoms. The highest BCUT2D eigenvalue weighted by molar-refractivity contribution is 6.29.